The molecule has 0 aliphatic heterocycles. The van der Waals surface area contributed by atoms with E-state index in [4.69, 9.17) is 9.47 Å². The van der Waals surface area contributed by atoms with Gasteiger partial charge in [0.05, 0.1) is 11.7 Å². The summed E-state index contributed by atoms with van der Waals surface area (Å²) < 4.78 is 13.2. The van der Waals surface area contributed by atoms with E-state index < -0.39 is 0 Å². The van der Waals surface area contributed by atoms with Gasteiger partial charge in [-0.25, -0.2) is 4.68 Å². The maximum atomic E-state index is 12.9. The van der Waals surface area contributed by atoms with E-state index in [-0.39, 0.29) is 5.91 Å². The average Bonchev–Trinajstić information content (AvgIpc) is 3.38. The van der Waals surface area contributed by atoms with Crippen molar-refractivity contribution in [2.45, 2.75) is 20.2 Å². The van der Waals surface area contributed by atoms with Crippen LogP contribution in [0.2, 0.25) is 0 Å². The molecule has 36 heavy (non-hydrogen) atoms. The summed E-state index contributed by atoms with van der Waals surface area (Å²) >= 11 is 0. The van der Waals surface area contributed by atoms with Gasteiger partial charge >= 0.3 is 0 Å². The van der Waals surface area contributed by atoms with Gasteiger partial charge in [-0.05, 0) is 60.5 Å². The van der Waals surface area contributed by atoms with E-state index in [1.807, 2.05) is 61.7 Å². The van der Waals surface area contributed by atoms with Crippen LogP contribution in [0.5, 0.6) is 11.5 Å². The Bertz CT molecular complexity index is 1510. The summed E-state index contributed by atoms with van der Waals surface area (Å²) in [5, 5.41) is 8.14. The zero-order valence-corrected chi connectivity index (χ0v) is 20.0. The zero-order valence-electron chi connectivity index (χ0n) is 20.0. The van der Waals surface area contributed by atoms with Crippen LogP contribution in [-0.2, 0) is 18.0 Å². The van der Waals surface area contributed by atoms with Crippen LogP contribution in [0.3, 0.4) is 0 Å². The Morgan fingerprint density at radius 2 is 1.86 bits per heavy atom. The number of hydrogen-bond donors (Lipinski definition) is 1. The normalized spacial score (nSPS) is 10.9. The van der Waals surface area contributed by atoms with Gasteiger partial charge in [0.1, 0.15) is 18.2 Å². The fourth-order valence-corrected chi connectivity index (χ4v) is 3.97. The Morgan fingerprint density at radius 3 is 2.69 bits per heavy atom. The summed E-state index contributed by atoms with van der Waals surface area (Å²) in [5.74, 6) is 1.12. The molecule has 8 nitrogen and oxygen atoms in total. The van der Waals surface area contributed by atoms with Crippen LogP contribution in [0.1, 0.15) is 21.5 Å². The lowest BCUT2D eigenvalue weighted by Gasteiger charge is -2.14. The molecule has 0 unspecified atom stereocenters. The third-order valence-corrected chi connectivity index (χ3v) is 5.88. The number of nitrogens with one attached hydrogen (secondary N) is 1. The quantitative estimate of drug-likeness (QED) is 0.332. The van der Waals surface area contributed by atoms with Gasteiger partial charge in [-0.1, -0.05) is 12.1 Å². The predicted octanol–water partition coefficient (Wildman–Crippen LogP) is 5.13. The second-order valence-electron chi connectivity index (χ2n) is 8.30. The number of fused-ring (bicyclic) bond motifs is 1. The summed E-state index contributed by atoms with van der Waals surface area (Å²) in [4.78, 5) is 21.4. The van der Waals surface area contributed by atoms with Crippen molar-refractivity contribution in [2.24, 2.45) is 0 Å². The molecule has 0 radical (unpaired) electrons. The zero-order chi connectivity index (χ0) is 24.9. The molecule has 0 aliphatic rings. The molecule has 0 bridgehead atoms. The van der Waals surface area contributed by atoms with Crippen LogP contribution in [0.25, 0.3) is 22.0 Å². The molecule has 0 fully saturated rings. The van der Waals surface area contributed by atoms with Crippen LogP contribution in [-0.4, -0.2) is 32.8 Å². The van der Waals surface area contributed by atoms with Crippen molar-refractivity contribution in [3.63, 3.8) is 0 Å². The van der Waals surface area contributed by atoms with Gasteiger partial charge in [-0.3, -0.25) is 14.8 Å². The molecule has 3 aromatic heterocycles. The summed E-state index contributed by atoms with van der Waals surface area (Å²) in [5.41, 5.74) is 5.08. The molecule has 5 aromatic rings. The van der Waals surface area contributed by atoms with E-state index in [2.05, 4.69) is 20.4 Å². The fourth-order valence-electron chi connectivity index (χ4n) is 3.97. The molecule has 5 rings (SSSR count). The molecule has 3 heterocycles. The highest BCUT2D eigenvalue weighted by Crippen LogP contribution is 2.33. The lowest BCUT2D eigenvalue weighted by Crippen LogP contribution is -2.23. The summed E-state index contributed by atoms with van der Waals surface area (Å²) in [6.07, 6.45) is 8.86. The Morgan fingerprint density at radius 1 is 1.00 bits per heavy atom. The molecule has 1 N–H and O–H groups in total. The summed E-state index contributed by atoms with van der Waals surface area (Å²) in [6.45, 7) is 2.70. The number of benzene rings is 2. The third-order valence-electron chi connectivity index (χ3n) is 5.88. The standard InChI is InChI=1S/C28H25N5O3/c1-19-23(28(34)31-15-20-8-11-29-12-9-20)4-3-5-26(19)36-27-10-13-30-25-14-21(6-7-24(25)27)22-16-32-33(17-22)18-35-2/h3-14,16-17H,15,18H2,1-2H3,(H,31,34). The number of ether oxygens (including phenoxy) is 2. The van der Waals surface area contributed by atoms with Crippen LogP contribution in [0.4, 0.5) is 0 Å². The fraction of sp³-hybridized carbons (Fsp3) is 0.143. The van der Waals surface area contributed by atoms with Gasteiger partial charge in [0.2, 0.25) is 0 Å². The highest BCUT2D eigenvalue weighted by atomic mass is 16.5. The number of carbonyl (C=O) groups excluding carboxylic acids is 1. The second kappa shape index (κ2) is 10.4. The van der Waals surface area contributed by atoms with E-state index >= 15 is 0 Å². The smallest absolute Gasteiger partial charge is 0.251 e. The van der Waals surface area contributed by atoms with Crippen molar-refractivity contribution in [3.8, 4) is 22.6 Å². The Labute approximate surface area is 208 Å². The average molecular weight is 480 g/mol. The van der Waals surface area contributed by atoms with E-state index in [1.54, 1.807) is 42.6 Å². The van der Waals surface area contributed by atoms with E-state index in [0.717, 1.165) is 33.2 Å². The highest BCUT2D eigenvalue weighted by molar-refractivity contribution is 5.96. The van der Waals surface area contributed by atoms with Crippen molar-refractivity contribution in [1.29, 1.82) is 0 Å². The molecule has 0 saturated heterocycles. The molecule has 0 aliphatic carbocycles. The van der Waals surface area contributed by atoms with Crippen molar-refractivity contribution < 1.29 is 14.3 Å². The molecule has 2 aromatic carbocycles. The van der Waals surface area contributed by atoms with Crippen LogP contribution in [0.15, 0.2) is 85.6 Å². The Hall–Kier alpha value is -4.56. The van der Waals surface area contributed by atoms with Gasteiger partial charge in [0, 0.05) is 60.5 Å². The van der Waals surface area contributed by atoms with Gasteiger partial charge in [0.25, 0.3) is 5.91 Å². The van der Waals surface area contributed by atoms with Crippen LogP contribution in [0, 0.1) is 6.92 Å². The van der Waals surface area contributed by atoms with Crippen molar-refractivity contribution in [2.75, 3.05) is 7.11 Å². The van der Waals surface area contributed by atoms with Gasteiger partial charge in [-0.15, -0.1) is 0 Å². The molecule has 0 saturated carbocycles. The minimum atomic E-state index is -0.159. The molecule has 180 valence electrons. The van der Waals surface area contributed by atoms with Gasteiger partial charge in [0.15, 0.2) is 0 Å². The molecule has 8 heteroatoms. The number of methoxy groups -OCH3 is 1. The SMILES string of the molecule is COCn1cc(-c2ccc3c(Oc4cccc(C(=O)NCc5ccncc5)c4C)ccnc3c2)cn1. The summed E-state index contributed by atoms with van der Waals surface area (Å²) in [6, 6.07) is 17.1. The Balaban J connectivity index is 1.38. The van der Waals surface area contributed by atoms with E-state index in [0.29, 0.717) is 30.3 Å². The topological polar surface area (TPSA) is 91.2 Å². The maximum Gasteiger partial charge on any atom is 0.251 e. The summed E-state index contributed by atoms with van der Waals surface area (Å²) in [7, 11) is 1.63. The maximum absolute atomic E-state index is 12.9. The monoisotopic (exact) mass is 479 g/mol. The van der Waals surface area contributed by atoms with Crippen LogP contribution >= 0.6 is 0 Å². The number of hydrogen-bond acceptors (Lipinski definition) is 6. The molecular formula is C28H25N5O3. The molecule has 1 amide bonds. The second-order valence-corrected chi connectivity index (χ2v) is 8.30. The van der Waals surface area contributed by atoms with E-state index in [9.17, 15) is 4.79 Å². The first-order valence-electron chi connectivity index (χ1n) is 11.5. The first-order valence-corrected chi connectivity index (χ1v) is 11.5. The van der Waals surface area contributed by atoms with Gasteiger partial charge in [-0.2, -0.15) is 5.10 Å². The number of pyridine rings is 2. The lowest BCUT2D eigenvalue weighted by atomic mass is 10.1. The minimum Gasteiger partial charge on any atom is -0.456 e. The predicted molar refractivity (Wildman–Crippen MR) is 137 cm³/mol. The lowest BCUT2D eigenvalue weighted by molar-refractivity contribution is 0.0950. The first-order chi connectivity index (χ1) is 17.6. The molecular weight excluding hydrogens is 454 g/mol. The molecule has 0 atom stereocenters. The van der Waals surface area contributed by atoms with Crippen LogP contribution < -0.4 is 10.1 Å². The number of nitrogens with zero attached hydrogens (tertiary/aromatic N) is 4. The van der Waals surface area contributed by atoms with Gasteiger partial charge < -0.3 is 14.8 Å². The van der Waals surface area contributed by atoms with E-state index in [1.165, 1.54) is 0 Å². The highest BCUT2D eigenvalue weighted by Gasteiger charge is 2.14. The molecule has 0 spiro atoms. The van der Waals surface area contributed by atoms with Crippen molar-refractivity contribution in [3.05, 3.63) is 102 Å². The van der Waals surface area contributed by atoms with Crippen molar-refractivity contribution >= 4 is 16.8 Å². The third kappa shape index (κ3) is 4.94. The Kier molecular flexibility index (Phi) is 6.68. The number of aromatic nitrogens is 4. The first kappa shape index (κ1) is 23.2. The minimum absolute atomic E-state index is 0.159. The number of carbonyl (C=O) groups is 1. The van der Waals surface area contributed by atoms with Crippen molar-refractivity contribution in [1.82, 2.24) is 25.1 Å². The largest absolute Gasteiger partial charge is 0.456 e. The number of rotatable bonds is 8. The number of amides is 1.